The minimum atomic E-state index is 0.213. The zero-order chi connectivity index (χ0) is 31.6. The van der Waals surface area contributed by atoms with Crippen LogP contribution in [0.5, 0.6) is 0 Å². The Hall–Kier alpha value is -5.60. The third kappa shape index (κ3) is 4.47. The molecule has 0 saturated heterocycles. The average Bonchev–Trinajstić information content (AvgIpc) is 3.72. The highest BCUT2D eigenvalue weighted by Gasteiger charge is 2.39. The van der Waals surface area contributed by atoms with Crippen LogP contribution in [0.3, 0.4) is 0 Å². The summed E-state index contributed by atoms with van der Waals surface area (Å²) in [6, 6.07) is 43.8. The molecule has 230 valence electrons. The van der Waals surface area contributed by atoms with Crippen molar-refractivity contribution in [3.63, 3.8) is 0 Å². The van der Waals surface area contributed by atoms with Gasteiger partial charge in [-0.15, -0.1) is 0 Å². The lowest BCUT2D eigenvalue weighted by atomic mass is 9.67. The predicted molar refractivity (Wildman–Crippen MR) is 197 cm³/mol. The molecule has 3 aliphatic carbocycles. The fourth-order valence-corrected chi connectivity index (χ4v) is 8.52. The first-order chi connectivity index (χ1) is 23.8. The van der Waals surface area contributed by atoms with E-state index in [0.717, 1.165) is 35.4 Å². The van der Waals surface area contributed by atoms with Gasteiger partial charge in [-0.05, 0) is 76.3 Å². The highest BCUT2D eigenvalue weighted by Crippen LogP contribution is 2.50. The van der Waals surface area contributed by atoms with Crippen molar-refractivity contribution in [1.82, 2.24) is 0 Å². The molecule has 5 aromatic carbocycles. The molecule has 2 aromatic heterocycles. The van der Waals surface area contributed by atoms with Crippen molar-refractivity contribution in [2.45, 2.75) is 30.6 Å². The van der Waals surface area contributed by atoms with Crippen LogP contribution in [-0.4, -0.2) is 0 Å². The van der Waals surface area contributed by atoms with E-state index in [1.165, 1.54) is 55.1 Å². The molecule has 0 N–H and O–H groups in total. The first-order valence-corrected chi connectivity index (χ1v) is 17.1. The van der Waals surface area contributed by atoms with Gasteiger partial charge < -0.3 is 8.83 Å². The Labute approximate surface area is 280 Å². The molecule has 2 heterocycles. The highest BCUT2D eigenvalue weighted by atomic mass is 16.3. The highest BCUT2D eigenvalue weighted by molar-refractivity contribution is 6.05. The molecular formula is C46H34O2. The van der Waals surface area contributed by atoms with Gasteiger partial charge in [-0.3, -0.25) is 0 Å². The SMILES string of the molecule is C1=CC2c3oc4cc(C5=CC(c6ccc7c(c6)oc6ccccc67)CC(c6ccccc6)=C5)ccc4c3CC(c3ccccc3)C2C=C1. The van der Waals surface area contributed by atoms with Gasteiger partial charge in [-0.25, -0.2) is 0 Å². The van der Waals surface area contributed by atoms with Crippen LogP contribution in [0.25, 0.3) is 44.1 Å². The van der Waals surface area contributed by atoms with Gasteiger partial charge in [0, 0.05) is 33.6 Å². The number of benzene rings is 5. The molecule has 10 rings (SSSR count). The summed E-state index contributed by atoms with van der Waals surface area (Å²) in [5.74, 6) is 2.41. The monoisotopic (exact) mass is 618 g/mol. The van der Waals surface area contributed by atoms with Gasteiger partial charge in [0.2, 0.25) is 0 Å². The van der Waals surface area contributed by atoms with Crippen molar-refractivity contribution in [3.8, 4) is 0 Å². The standard InChI is InChI=1S/C46H34O2/c1-3-11-29(12-4-1)33-23-34(31-19-21-38-37-16-9-10-18-43(37)47-44(38)26-31)25-35(24-33)32-20-22-39-42-28-41(30-13-5-2-6-14-30)36-15-7-8-17-40(36)46(42)48-45(39)27-32/h1-22,24-27,34,36,40-41H,23,28H2. The smallest absolute Gasteiger partial charge is 0.135 e. The Kier molecular flexibility index (Phi) is 6.30. The molecule has 0 amide bonds. The number of fused-ring (bicyclic) bond motifs is 8. The molecule has 0 spiro atoms. The first-order valence-electron chi connectivity index (χ1n) is 17.1. The summed E-state index contributed by atoms with van der Waals surface area (Å²) in [6.07, 6.45) is 15.8. The average molecular weight is 619 g/mol. The number of hydrogen-bond acceptors (Lipinski definition) is 2. The van der Waals surface area contributed by atoms with Gasteiger partial charge in [0.15, 0.2) is 0 Å². The molecule has 0 bridgehead atoms. The van der Waals surface area contributed by atoms with Gasteiger partial charge in [-0.2, -0.15) is 0 Å². The molecule has 0 radical (unpaired) electrons. The second kappa shape index (κ2) is 11.0. The molecule has 48 heavy (non-hydrogen) atoms. The van der Waals surface area contributed by atoms with Crippen molar-refractivity contribution in [1.29, 1.82) is 0 Å². The van der Waals surface area contributed by atoms with Crippen molar-refractivity contribution in [3.05, 3.63) is 191 Å². The minimum Gasteiger partial charge on any atom is -0.460 e. The van der Waals surface area contributed by atoms with Crippen LogP contribution in [0, 0.1) is 5.92 Å². The summed E-state index contributed by atoms with van der Waals surface area (Å²) < 4.78 is 13.1. The molecule has 4 unspecified atom stereocenters. The lowest BCUT2D eigenvalue weighted by Crippen LogP contribution is -2.26. The summed E-state index contributed by atoms with van der Waals surface area (Å²) in [7, 11) is 0. The Balaban J connectivity index is 1.07. The molecule has 0 saturated carbocycles. The fraction of sp³-hybridized carbons (Fsp3) is 0.130. The number of rotatable bonds is 4. The molecule has 2 heteroatoms. The maximum absolute atomic E-state index is 6.83. The van der Waals surface area contributed by atoms with E-state index in [4.69, 9.17) is 8.83 Å². The molecule has 4 atom stereocenters. The van der Waals surface area contributed by atoms with Crippen LogP contribution in [0.1, 0.15) is 57.8 Å². The lowest BCUT2D eigenvalue weighted by molar-refractivity contribution is 0.374. The molecule has 3 aliphatic rings. The Bertz CT molecular complexity index is 2470. The maximum atomic E-state index is 6.83. The Morgan fingerprint density at radius 3 is 2.19 bits per heavy atom. The van der Waals surface area contributed by atoms with Gasteiger partial charge in [0.1, 0.15) is 22.5 Å². The van der Waals surface area contributed by atoms with E-state index < -0.39 is 0 Å². The molecular weight excluding hydrogens is 585 g/mol. The second-order valence-corrected chi connectivity index (χ2v) is 13.6. The zero-order valence-electron chi connectivity index (χ0n) is 26.6. The third-order valence-corrected chi connectivity index (χ3v) is 10.9. The van der Waals surface area contributed by atoms with Crippen molar-refractivity contribution >= 4 is 44.1 Å². The van der Waals surface area contributed by atoms with Crippen LogP contribution < -0.4 is 0 Å². The topological polar surface area (TPSA) is 26.3 Å². The van der Waals surface area contributed by atoms with Crippen LogP contribution in [0.4, 0.5) is 0 Å². The van der Waals surface area contributed by atoms with E-state index in [-0.39, 0.29) is 11.8 Å². The Morgan fingerprint density at radius 1 is 0.542 bits per heavy atom. The van der Waals surface area contributed by atoms with E-state index in [1.807, 2.05) is 6.07 Å². The van der Waals surface area contributed by atoms with E-state index in [9.17, 15) is 0 Å². The largest absolute Gasteiger partial charge is 0.460 e. The summed E-state index contributed by atoms with van der Waals surface area (Å²) in [6.45, 7) is 0. The van der Waals surface area contributed by atoms with Gasteiger partial charge >= 0.3 is 0 Å². The van der Waals surface area contributed by atoms with Gasteiger partial charge in [0.05, 0.1) is 0 Å². The third-order valence-electron chi connectivity index (χ3n) is 10.9. The van der Waals surface area contributed by atoms with Crippen molar-refractivity contribution < 1.29 is 8.83 Å². The predicted octanol–water partition coefficient (Wildman–Crippen LogP) is 12.2. The number of hydrogen-bond donors (Lipinski definition) is 0. The number of furan rings is 2. The number of para-hydroxylation sites is 1. The van der Waals surface area contributed by atoms with E-state index in [2.05, 4.69) is 152 Å². The first kappa shape index (κ1) is 27.5. The summed E-state index contributed by atoms with van der Waals surface area (Å²) >= 11 is 0. The van der Waals surface area contributed by atoms with Crippen LogP contribution in [0.2, 0.25) is 0 Å². The maximum Gasteiger partial charge on any atom is 0.135 e. The van der Waals surface area contributed by atoms with Crippen molar-refractivity contribution in [2.24, 2.45) is 5.92 Å². The molecule has 0 aliphatic heterocycles. The van der Waals surface area contributed by atoms with Crippen molar-refractivity contribution in [2.75, 3.05) is 0 Å². The van der Waals surface area contributed by atoms with Crippen LogP contribution >= 0.6 is 0 Å². The van der Waals surface area contributed by atoms with Crippen LogP contribution in [0.15, 0.2) is 167 Å². The molecule has 2 nitrogen and oxygen atoms in total. The molecule has 7 aromatic rings. The quantitative estimate of drug-likeness (QED) is 0.196. The summed E-state index contributed by atoms with van der Waals surface area (Å²) in [5.41, 5.74) is 11.9. The number of allylic oxidation sites excluding steroid dienone is 8. The lowest BCUT2D eigenvalue weighted by Gasteiger charge is -2.36. The van der Waals surface area contributed by atoms with Crippen LogP contribution in [-0.2, 0) is 6.42 Å². The van der Waals surface area contributed by atoms with Gasteiger partial charge in [-0.1, -0.05) is 140 Å². The normalized spacial score (nSPS) is 21.7. The molecule has 0 fully saturated rings. The van der Waals surface area contributed by atoms with Gasteiger partial charge in [0.25, 0.3) is 0 Å². The van der Waals surface area contributed by atoms with E-state index >= 15 is 0 Å². The zero-order valence-corrected chi connectivity index (χ0v) is 26.6. The summed E-state index contributed by atoms with van der Waals surface area (Å²) in [4.78, 5) is 0. The Morgan fingerprint density at radius 2 is 1.29 bits per heavy atom. The van der Waals surface area contributed by atoms with E-state index in [0.29, 0.717) is 11.8 Å². The van der Waals surface area contributed by atoms with E-state index in [1.54, 1.807) is 0 Å². The fourth-order valence-electron chi connectivity index (χ4n) is 8.52. The minimum absolute atomic E-state index is 0.213. The summed E-state index contributed by atoms with van der Waals surface area (Å²) in [5, 5.41) is 3.58. The second-order valence-electron chi connectivity index (χ2n) is 13.6.